The summed E-state index contributed by atoms with van der Waals surface area (Å²) in [6.45, 7) is 2.62. The molecule has 0 aliphatic carbocycles. The number of carbonyl (C=O) groups excluding carboxylic acids is 1. The van der Waals surface area contributed by atoms with E-state index < -0.39 is 23.2 Å². The number of aldehydes is 1. The van der Waals surface area contributed by atoms with Crippen molar-refractivity contribution in [2.45, 2.75) is 36.8 Å². The molecule has 0 bridgehead atoms. The maximum Gasteiger partial charge on any atom is 0.214 e. The largest absolute Gasteiger partial charge is 0.497 e. The van der Waals surface area contributed by atoms with Crippen molar-refractivity contribution in [2.24, 2.45) is 0 Å². The second-order valence-electron chi connectivity index (χ2n) is 8.83. The first-order chi connectivity index (χ1) is 18.2. The molecule has 3 aromatic rings. The van der Waals surface area contributed by atoms with Gasteiger partial charge in [-0.1, -0.05) is 30.7 Å². The number of aromatic nitrogens is 1. The van der Waals surface area contributed by atoms with Gasteiger partial charge < -0.3 is 19.2 Å². The number of hydrogen-bond acceptors (Lipinski definition) is 7. The Morgan fingerprint density at radius 3 is 2.61 bits per heavy atom. The molecular weight excluding hydrogens is 539 g/mol. The predicted octanol–water partition coefficient (Wildman–Crippen LogP) is 6.23. The highest BCUT2D eigenvalue weighted by Crippen LogP contribution is 2.42. The summed E-state index contributed by atoms with van der Waals surface area (Å²) >= 11 is 7.13. The van der Waals surface area contributed by atoms with Gasteiger partial charge in [0.2, 0.25) is 5.95 Å². The van der Waals surface area contributed by atoms with Gasteiger partial charge in [-0.3, -0.25) is 4.31 Å². The van der Waals surface area contributed by atoms with Crippen molar-refractivity contribution < 1.29 is 27.4 Å². The number of pyridine rings is 1. The zero-order chi connectivity index (χ0) is 27.4. The first kappa shape index (κ1) is 28.1. The third-order valence-corrected chi connectivity index (χ3v) is 8.04. The van der Waals surface area contributed by atoms with E-state index in [9.17, 15) is 9.18 Å². The Hall–Kier alpha value is -2.95. The maximum absolute atomic E-state index is 15.6. The van der Waals surface area contributed by atoms with Crippen LogP contribution in [0.1, 0.15) is 24.5 Å². The van der Waals surface area contributed by atoms with E-state index in [1.165, 1.54) is 23.5 Å². The highest BCUT2D eigenvalue weighted by molar-refractivity contribution is 8.00. The molecule has 1 atom stereocenters. The lowest BCUT2D eigenvalue weighted by Gasteiger charge is -2.26. The summed E-state index contributed by atoms with van der Waals surface area (Å²) in [5.41, 5.74) is 0.896. The summed E-state index contributed by atoms with van der Waals surface area (Å²) in [6.07, 6.45) is 1.75. The molecule has 1 saturated heterocycles. The SMILES string of the molecule is CCc1cc(OC)ccc1CN(Sc1c(F)cc(N2CCC(C=O)(OC)C2)c(Cl)c1F)c1cccc(F)n1. The van der Waals surface area contributed by atoms with Gasteiger partial charge in [0.25, 0.3) is 0 Å². The van der Waals surface area contributed by atoms with Crippen LogP contribution in [-0.4, -0.2) is 44.2 Å². The fourth-order valence-electron chi connectivity index (χ4n) is 4.38. The van der Waals surface area contributed by atoms with Crippen LogP contribution < -0.4 is 13.9 Å². The van der Waals surface area contributed by atoms with Crippen LogP contribution in [0, 0.1) is 17.6 Å². The minimum Gasteiger partial charge on any atom is -0.497 e. The molecule has 1 aliphatic heterocycles. The number of nitrogens with zero attached hydrogens (tertiary/aromatic N) is 3. The zero-order valence-corrected chi connectivity index (χ0v) is 22.7. The number of methoxy groups -OCH3 is 2. The van der Waals surface area contributed by atoms with E-state index in [-0.39, 0.29) is 34.5 Å². The topological polar surface area (TPSA) is 54.9 Å². The van der Waals surface area contributed by atoms with Gasteiger partial charge in [-0.25, -0.2) is 13.8 Å². The third-order valence-electron chi connectivity index (χ3n) is 6.59. The molecule has 4 rings (SSSR count). The van der Waals surface area contributed by atoms with Crippen LogP contribution in [0.15, 0.2) is 47.4 Å². The molecule has 1 aromatic heterocycles. The smallest absolute Gasteiger partial charge is 0.214 e. The Morgan fingerprint density at radius 1 is 1.18 bits per heavy atom. The van der Waals surface area contributed by atoms with Crippen molar-refractivity contribution >= 4 is 41.3 Å². The van der Waals surface area contributed by atoms with Crippen molar-refractivity contribution in [3.63, 3.8) is 0 Å². The summed E-state index contributed by atoms with van der Waals surface area (Å²) < 4.78 is 57.3. The molecule has 0 amide bonds. The highest BCUT2D eigenvalue weighted by Gasteiger charge is 2.39. The first-order valence-electron chi connectivity index (χ1n) is 11.9. The minimum absolute atomic E-state index is 0.120. The van der Waals surface area contributed by atoms with E-state index in [2.05, 4.69) is 4.98 Å². The number of benzene rings is 2. The second kappa shape index (κ2) is 11.8. The molecule has 2 heterocycles. The van der Waals surface area contributed by atoms with Crippen LogP contribution in [0.5, 0.6) is 5.75 Å². The number of halogens is 4. The molecule has 2 aromatic carbocycles. The monoisotopic (exact) mass is 565 g/mol. The van der Waals surface area contributed by atoms with Crippen LogP contribution in [0.4, 0.5) is 24.7 Å². The van der Waals surface area contributed by atoms with Gasteiger partial charge in [0.15, 0.2) is 12.1 Å². The van der Waals surface area contributed by atoms with Crippen LogP contribution in [0.3, 0.4) is 0 Å². The minimum atomic E-state index is -1.06. The van der Waals surface area contributed by atoms with Gasteiger partial charge in [0.05, 0.1) is 25.9 Å². The van der Waals surface area contributed by atoms with E-state index in [0.29, 0.717) is 31.4 Å². The van der Waals surface area contributed by atoms with E-state index in [1.54, 1.807) is 24.1 Å². The van der Waals surface area contributed by atoms with E-state index in [0.717, 1.165) is 29.1 Å². The number of rotatable bonds is 10. The quantitative estimate of drug-likeness (QED) is 0.125. The summed E-state index contributed by atoms with van der Waals surface area (Å²) in [5, 5.41) is -0.280. The molecule has 0 N–H and O–H groups in total. The normalized spacial score (nSPS) is 17.1. The molecule has 0 saturated carbocycles. The lowest BCUT2D eigenvalue weighted by Crippen LogP contribution is -2.37. The summed E-state index contributed by atoms with van der Waals surface area (Å²) in [4.78, 5) is 16.7. The number of hydrogen-bond donors (Lipinski definition) is 0. The first-order valence-corrected chi connectivity index (χ1v) is 13.1. The number of anilines is 2. The molecule has 1 aliphatic rings. The predicted molar refractivity (Wildman–Crippen MR) is 143 cm³/mol. The van der Waals surface area contributed by atoms with Crippen LogP contribution in [0.25, 0.3) is 0 Å². The molecule has 0 spiro atoms. The molecule has 202 valence electrons. The van der Waals surface area contributed by atoms with Crippen LogP contribution >= 0.6 is 23.5 Å². The standard InChI is InChI=1S/C27H27ClF3N3O3S/c1-4-17-12-19(36-2)9-8-18(17)14-34(23-7-5-6-22(30)32-23)38-26-20(29)13-21(24(28)25(26)31)33-11-10-27(15-33,16-35)37-3/h5-9,12-13,16H,4,10-11,14-15H2,1-3H3. The van der Waals surface area contributed by atoms with E-state index in [4.69, 9.17) is 21.1 Å². The number of ether oxygens (including phenoxy) is 2. The van der Waals surface area contributed by atoms with Crippen molar-refractivity contribution in [3.8, 4) is 5.75 Å². The van der Waals surface area contributed by atoms with Gasteiger partial charge in [-0.05, 0) is 53.8 Å². The zero-order valence-electron chi connectivity index (χ0n) is 21.1. The fraction of sp³-hybridized carbons (Fsp3) is 0.333. The Balaban J connectivity index is 1.70. The average Bonchev–Trinajstić information content (AvgIpc) is 3.37. The van der Waals surface area contributed by atoms with Gasteiger partial charge in [-0.2, -0.15) is 4.39 Å². The lowest BCUT2D eigenvalue weighted by molar-refractivity contribution is -0.125. The number of aryl methyl sites for hydroxylation is 1. The van der Waals surface area contributed by atoms with Crippen molar-refractivity contribution in [1.82, 2.24) is 4.98 Å². The summed E-state index contributed by atoms with van der Waals surface area (Å²) in [6, 6.07) is 10.9. The van der Waals surface area contributed by atoms with Crippen LogP contribution in [0.2, 0.25) is 5.02 Å². The van der Waals surface area contributed by atoms with Gasteiger partial charge in [0.1, 0.15) is 32.9 Å². The third kappa shape index (κ3) is 5.72. The Labute approximate surface area is 228 Å². The Kier molecular flexibility index (Phi) is 8.74. The average molecular weight is 566 g/mol. The fourth-order valence-corrected chi connectivity index (χ4v) is 5.65. The lowest BCUT2D eigenvalue weighted by atomic mass is 10.0. The molecule has 38 heavy (non-hydrogen) atoms. The molecule has 6 nitrogen and oxygen atoms in total. The maximum atomic E-state index is 15.6. The van der Waals surface area contributed by atoms with Crippen molar-refractivity contribution in [1.29, 1.82) is 0 Å². The number of carbonyl (C=O) groups is 1. The molecule has 0 radical (unpaired) electrons. The van der Waals surface area contributed by atoms with Crippen molar-refractivity contribution in [2.75, 3.05) is 36.5 Å². The van der Waals surface area contributed by atoms with E-state index in [1.807, 2.05) is 19.1 Å². The second-order valence-corrected chi connectivity index (χ2v) is 10.2. The Morgan fingerprint density at radius 2 is 1.97 bits per heavy atom. The molecule has 1 fully saturated rings. The van der Waals surface area contributed by atoms with E-state index >= 15 is 8.78 Å². The van der Waals surface area contributed by atoms with Gasteiger partial charge >= 0.3 is 0 Å². The van der Waals surface area contributed by atoms with Crippen LogP contribution in [-0.2, 0) is 22.5 Å². The van der Waals surface area contributed by atoms with Gasteiger partial charge in [-0.15, -0.1) is 0 Å². The molecular formula is C27H27ClF3N3O3S. The molecule has 11 heteroatoms. The Bertz CT molecular complexity index is 1330. The van der Waals surface area contributed by atoms with Crippen molar-refractivity contribution in [3.05, 3.63) is 76.2 Å². The molecule has 1 unspecified atom stereocenters. The summed E-state index contributed by atoms with van der Waals surface area (Å²) in [7, 11) is 2.99. The highest BCUT2D eigenvalue weighted by atomic mass is 35.5. The summed E-state index contributed by atoms with van der Waals surface area (Å²) in [5.74, 6) is -1.66. The van der Waals surface area contributed by atoms with Gasteiger partial charge in [0, 0.05) is 26.1 Å².